The maximum Gasteiger partial charge on any atom is 0.395 e. The number of hydrogen-bond acceptors (Lipinski definition) is 1. The third-order valence-electron chi connectivity index (χ3n) is 5.24. The van der Waals surface area contributed by atoms with Crippen molar-refractivity contribution in [2.75, 3.05) is 7.05 Å². The van der Waals surface area contributed by atoms with Gasteiger partial charge in [0.25, 0.3) is 0 Å². The molecule has 0 fully saturated rings. The first-order valence-electron chi connectivity index (χ1n) is 9.06. The van der Waals surface area contributed by atoms with Gasteiger partial charge in [0.05, 0.1) is 0 Å². The number of hydrogen-bond donors (Lipinski definition) is 0. The maximum atomic E-state index is 13.2. The minimum atomic E-state index is -1.90. The molecule has 27 heavy (non-hydrogen) atoms. The second-order valence-electron chi connectivity index (χ2n) is 8.03. The van der Waals surface area contributed by atoms with Gasteiger partial charge >= 0.3 is 8.84 Å². The zero-order valence-electron chi connectivity index (χ0n) is 16.4. The normalized spacial score (nSPS) is 15.6. The predicted molar refractivity (Wildman–Crippen MR) is 106 cm³/mol. The molecule has 0 amide bonds. The second-order valence-corrected chi connectivity index (χ2v) is 9.90. The summed E-state index contributed by atoms with van der Waals surface area (Å²) in [6, 6.07) is 15.7. The average Bonchev–Trinajstić information content (AvgIpc) is 2.93. The van der Waals surface area contributed by atoms with Crippen molar-refractivity contribution >= 4 is 14.9 Å². The summed E-state index contributed by atoms with van der Waals surface area (Å²) in [6.07, 6.45) is 2.98. The van der Waals surface area contributed by atoms with Gasteiger partial charge in [-0.3, -0.25) is 0 Å². The Hall–Kier alpha value is -1.36. The first-order chi connectivity index (χ1) is 12.3. The molecule has 2 nitrogen and oxygen atoms in total. The van der Waals surface area contributed by atoms with Crippen LogP contribution in [0, 0.1) is 5.82 Å². The molecule has 0 radical (unpaired) electrons. The van der Waals surface area contributed by atoms with E-state index < -0.39 is 8.84 Å². The molecule has 2 aromatic carbocycles. The van der Waals surface area contributed by atoms with Crippen LogP contribution in [-0.2, 0) is 32.6 Å². The molecule has 3 rings (SSSR count). The third kappa shape index (κ3) is 5.13. The van der Waals surface area contributed by atoms with E-state index >= 15 is 0 Å². The summed E-state index contributed by atoms with van der Waals surface area (Å²) in [5, 5.41) is 0. The van der Waals surface area contributed by atoms with Crippen LogP contribution < -0.4 is 0 Å². The monoisotopic (exact) mass is 415 g/mol. The van der Waals surface area contributed by atoms with Crippen molar-refractivity contribution in [3.63, 3.8) is 0 Å². The van der Waals surface area contributed by atoms with Gasteiger partial charge in [0, 0.05) is 46.3 Å². The summed E-state index contributed by atoms with van der Waals surface area (Å²) in [6.45, 7) is 6.27. The fourth-order valence-electron chi connectivity index (χ4n) is 3.40. The second kappa shape index (κ2) is 8.76. The van der Waals surface area contributed by atoms with E-state index in [1.165, 1.54) is 28.8 Å². The van der Waals surface area contributed by atoms with E-state index in [0.29, 0.717) is 6.04 Å². The summed E-state index contributed by atoms with van der Waals surface area (Å²) in [5.74, 6) is -0.0571. The molecule has 0 aliphatic heterocycles. The van der Waals surface area contributed by atoms with Crippen molar-refractivity contribution < 1.29 is 30.6 Å². The van der Waals surface area contributed by atoms with Crippen LogP contribution in [0.15, 0.2) is 54.1 Å². The molecule has 1 atom stereocenters. The quantitative estimate of drug-likeness (QED) is 0.626. The minimum Gasteiger partial charge on any atom is -0.375 e. The Bertz CT molecular complexity index is 842. The zero-order chi connectivity index (χ0) is 18.9. The number of fused-ring (bicyclic) bond motifs is 1. The van der Waals surface area contributed by atoms with Crippen LogP contribution in [-0.4, -0.2) is 26.0 Å². The molecule has 140 valence electrons. The number of halogens is 1. The van der Waals surface area contributed by atoms with Crippen LogP contribution in [0.25, 0.3) is 6.08 Å². The van der Waals surface area contributed by atoms with E-state index in [4.69, 9.17) is 0 Å². The summed E-state index contributed by atoms with van der Waals surface area (Å²) >= 11 is 0. The van der Waals surface area contributed by atoms with Crippen molar-refractivity contribution in [1.82, 2.24) is 4.57 Å². The SMILES string of the molecule is CN([Si](=O)CC1C(Cc2ccc(F)cc2)=Cc2ccccc21)C(C)(C)C.[Ti]. The van der Waals surface area contributed by atoms with Gasteiger partial charge in [0.2, 0.25) is 0 Å². The van der Waals surface area contributed by atoms with E-state index in [1.54, 1.807) is 0 Å². The van der Waals surface area contributed by atoms with Crippen molar-refractivity contribution in [2.24, 2.45) is 0 Å². The maximum absolute atomic E-state index is 13.2. The minimum absolute atomic E-state index is 0. The van der Waals surface area contributed by atoms with E-state index in [9.17, 15) is 8.85 Å². The fraction of sp³-hybridized carbons (Fsp3) is 0.364. The van der Waals surface area contributed by atoms with Gasteiger partial charge in [0.1, 0.15) is 5.82 Å². The molecule has 5 heteroatoms. The van der Waals surface area contributed by atoms with Crippen molar-refractivity contribution in [3.8, 4) is 0 Å². The number of benzene rings is 2. The molecule has 0 saturated carbocycles. The molecule has 2 aromatic rings. The Balaban J connectivity index is 0.00000261. The third-order valence-corrected chi connectivity index (χ3v) is 7.42. The van der Waals surface area contributed by atoms with E-state index in [1.807, 2.05) is 35.9 Å². The van der Waals surface area contributed by atoms with Crippen LogP contribution in [0.5, 0.6) is 0 Å². The van der Waals surface area contributed by atoms with Gasteiger partial charge in [-0.2, -0.15) is 0 Å². The zero-order valence-corrected chi connectivity index (χ0v) is 19.0. The Kier molecular flexibility index (Phi) is 7.12. The van der Waals surface area contributed by atoms with Gasteiger partial charge in [0.15, 0.2) is 0 Å². The van der Waals surface area contributed by atoms with Crippen molar-refractivity contribution in [1.29, 1.82) is 0 Å². The molecule has 1 unspecified atom stereocenters. The summed E-state index contributed by atoms with van der Waals surface area (Å²) in [4.78, 5) is 0. The predicted octanol–water partition coefficient (Wildman–Crippen LogP) is 5.20. The average molecular weight is 415 g/mol. The van der Waals surface area contributed by atoms with Gasteiger partial charge < -0.3 is 9.03 Å². The molecule has 0 saturated heterocycles. The fourth-order valence-corrected chi connectivity index (χ4v) is 5.25. The number of nitrogens with zero attached hydrogens (tertiary/aromatic N) is 1. The Morgan fingerprint density at radius 3 is 2.33 bits per heavy atom. The number of rotatable bonds is 5. The summed E-state index contributed by atoms with van der Waals surface area (Å²) in [7, 11) is 0.0527. The topological polar surface area (TPSA) is 20.3 Å². The molecular weight excluding hydrogens is 389 g/mol. The van der Waals surface area contributed by atoms with Gasteiger partial charge in [-0.15, -0.1) is 0 Å². The molecule has 0 heterocycles. The largest absolute Gasteiger partial charge is 0.395 e. The first-order valence-corrected chi connectivity index (χ1v) is 10.6. The van der Waals surface area contributed by atoms with Crippen molar-refractivity contribution in [3.05, 3.63) is 76.6 Å². The molecule has 0 aromatic heterocycles. The molecule has 1 aliphatic rings. The van der Waals surface area contributed by atoms with Crippen LogP contribution in [0.3, 0.4) is 0 Å². The Morgan fingerprint density at radius 1 is 1.07 bits per heavy atom. The van der Waals surface area contributed by atoms with Crippen LogP contribution in [0.2, 0.25) is 6.04 Å². The molecular formula is C22H26FNOSiTi. The molecule has 0 N–H and O–H groups in total. The number of allylic oxidation sites excluding steroid dienone is 1. The molecule has 0 spiro atoms. The van der Waals surface area contributed by atoms with E-state index in [0.717, 1.165) is 12.0 Å². The molecule has 1 aliphatic carbocycles. The van der Waals surface area contributed by atoms with E-state index in [-0.39, 0.29) is 39.0 Å². The molecule has 0 bridgehead atoms. The van der Waals surface area contributed by atoms with Gasteiger partial charge in [-0.1, -0.05) is 48.0 Å². The van der Waals surface area contributed by atoms with Crippen molar-refractivity contribution in [2.45, 2.75) is 44.7 Å². The first kappa shape index (κ1) is 21.9. The van der Waals surface area contributed by atoms with E-state index in [2.05, 4.69) is 39.0 Å². The smallest absolute Gasteiger partial charge is 0.375 e. The van der Waals surface area contributed by atoms with Crippen LogP contribution in [0.1, 0.15) is 43.4 Å². The standard InChI is InChI=1S/C22H26FNOSi.Ti/c1-22(2,3)24(4)26(25)15-21-18(13-16-9-11-19(23)12-10-16)14-17-7-5-6-8-20(17)21;/h5-12,14,21H,13,15H2,1-4H3;. The summed E-state index contributed by atoms with van der Waals surface area (Å²) in [5.41, 5.74) is 4.69. The van der Waals surface area contributed by atoms with Crippen LogP contribution in [0.4, 0.5) is 4.39 Å². The Labute approximate surface area is 178 Å². The van der Waals surface area contributed by atoms with Gasteiger partial charge in [-0.05, 0) is 56.0 Å². The van der Waals surface area contributed by atoms with Crippen LogP contribution >= 0.6 is 0 Å². The van der Waals surface area contributed by atoms with Gasteiger partial charge in [-0.25, -0.2) is 4.39 Å². The summed E-state index contributed by atoms with van der Waals surface area (Å²) < 4.78 is 28.2. The Morgan fingerprint density at radius 2 is 1.70 bits per heavy atom.